The molecule has 0 aliphatic rings. The van der Waals surface area contributed by atoms with Gasteiger partial charge in [0.1, 0.15) is 12.7 Å². The lowest BCUT2D eigenvalue weighted by molar-refractivity contribution is 0.145. The van der Waals surface area contributed by atoms with Crippen molar-refractivity contribution in [3.8, 4) is 11.8 Å². The Balaban J connectivity index is 3.54. The van der Waals surface area contributed by atoms with Gasteiger partial charge in [-0.3, -0.25) is 0 Å². The van der Waals surface area contributed by atoms with Crippen molar-refractivity contribution in [3.05, 3.63) is 0 Å². The maximum Gasteiger partial charge on any atom is 0.117 e. The van der Waals surface area contributed by atoms with Gasteiger partial charge >= 0.3 is 0 Å². The first kappa shape index (κ1) is 8.48. The number of hydrogen-bond acceptors (Lipinski definition) is 2. The third kappa shape index (κ3) is 4.01. The summed E-state index contributed by atoms with van der Waals surface area (Å²) in [4.78, 5) is 0. The van der Waals surface area contributed by atoms with Crippen LogP contribution in [-0.4, -0.2) is 24.9 Å². The zero-order valence-corrected chi connectivity index (χ0v) is 5.85. The summed E-state index contributed by atoms with van der Waals surface area (Å²) in [5.74, 6) is 5.28. The molecule has 0 spiro atoms. The van der Waals surface area contributed by atoms with Crippen LogP contribution in [0.1, 0.15) is 13.3 Å². The minimum absolute atomic E-state index is 0.0165. The molecular weight excluding hydrogens is 116 g/mol. The van der Waals surface area contributed by atoms with Gasteiger partial charge in [-0.15, -0.1) is 0 Å². The third-order valence-corrected chi connectivity index (χ3v) is 0.997. The highest BCUT2D eigenvalue weighted by Crippen LogP contribution is 1.91. The van der Waals surface area contributed by atoms with Gasteiger partial charge < -0.3 is 9.84 Å². The summed E-state index contributed by atoms with van der Waals surface area (Å²) in [6.07, 6.45) is 0.848. The van der Waals surface area contributed by atoms with E-state index in [0.29, 0.717) is 0 Å². The Morgan fingerprint density at radius 1 is 1.67 bits per heavy atom. The van der Waals surface area contributed by atoms with Crippen molar-refractivity contribution in [2.45, 2.75) is 19.4 Å². The van der Waals surface area contributed by atoms with Crippen molar-refractivity contribution in [3.63, 3.8) is 0 Å². The molecule has 0 aromatic heterocycles. The molecular formula is C7H12O2. The quantitative estimate of drug-likeness (QED) is 0.546. The molecule has 0 aliphatic heterocycles. The van der Waals surface area contributed by atoms with Crippen LogP contribution in [0.2, 0.25) is 0 Å². The minimum atomic E-state index is -0.0835. The first-order valence-corrected chi connectivity index (χ1v) is 2.97. The second kappa shape index (κ2) is 5.61. The average Bonchev–Trinajstić information content (AvgIpc) is 1.91. The van der Waals surface area contributed by atoms with Gasteiger partial charge in [-0.25, -0.2) is 0 Å². The first-order valence-electron chi connectivity index (χ1n) is 2.97. The van der Waals surface area contributed by atoms with Crippen LogP contribution in [0.25, 0.3) is 0 Å². The van der Waals surface area contributed by atoms with Gasteiger partial charge in [0.2, 0.25) is 0 Å². The van der Waals surface area contributed by atoms with Crippen molar-refractivity contribution in [1.82, 2.24) is 0 Å². The number of aliphatic hydroxyl groups is 1. The molecule has 0 amide bonds. The van der Waals surface area contributed by atoms with Gasteiger partial charge in [-0.1, -0.05) is 18.8 Å². The highest BCUT2D eigenvalue weighted by atomic mass is 16.5. The van der Waals surface area contributed by atoms with E-state index in [4.69, 9.17) is 9.84 Å². The molecule has 0 radical (unpaired) electrons. The molecule has 0 rings (SSSR count). The fraction of sp³-hybridized carbons (Fsp3) is 0.714. The van der Waals surface area contributed by atoms with Crippen LogP contribution in [0.5, 0.6) is 0 Å². The fourth-order valence-corrected chi connectivity index (χ4v) is 0.487. The van der Waals surface area contributed by atoms with E-state index >= 15 is 0 Å². The number of ether oxygens (including phenoxy) is 1. The Hall–Kier alpha value is -0.520. The summed E-state index contributed by atoms with van der Waals surface area (Å²) in [5.41, 5.74) is 0. The number of aliphatic hydroxyl groups excluding tert-OH is 1. The van der Waals surface area contributed by atoms with Crippen molar-refractivity contribution in [2.75, 3.05) is 13.7 Å². The summed E-state index contributed by atoms with van der Waals surface area (Å²) in [7, 11) is 1.61. The van der Waals surface area contributed by atoms with Crippen LogP contribution in [0.4, 0.5) is 0 Å². The van der Waals surface area contributed by atoms with Crippen LogP contribution in [0, 0.1) is 11.8 Å². The SMILES string of the molecule is CCC(C#CCO)OC. The standard InChI is InChI=1S/C7H12O2/c1-3-7(9-2)5-4-6-8/h7-8H,3,6H2,1-2H3. The highest BCUT2D eigenvalue weighted by molar-refractivity contribution is 5.04. The zero-order chi connectivity index (χ0) is 7.11. The van der Waals surface area contributed by atoms with Gasteiger partial charge in [-0.05, 0) is 6.42 Å². The molecule has 0 saturated carbocycles. The molecule has 0 saturated heterocycles. The smallest absolute Gasteiger partial charge is 0.117 e. The monoisotopic (exact) mass is 128 g/mol. The molecule has 0 fully saturated rings. The van der Waals surface area contributed by atoms with Crippen LogP contribution < -0.4 is 0 Å². The van der Waals surface area contributed by atoms with Crippen molar-refractivity contribution < 1.29 is 9.84 Å². The van der Waals surface area contributed by atoms with Crippen molar-refractivity contribution in [2.24, 2.45) is 0 Å². The molecule has 0 aromatic rings. The molecule has 9 heavy (non-hydrogen) atoms. The van der Waals surface area contributed by atoms with E-state index in [1.54, 1.807) is 7.11 Å². The van der Waals surface area contributed by atoms with Crippen molar-refractivity contribution in [1.29, 1.82) is 0 Å². The van der Waals surface area contributed by atoms with Gasteiger partial charge in [-0.2, -0.15) is 0 Å². The maximum absolute atomic E-state index is 8.28. The molecule has 0 bridgehead atoms. The Kier molecular flexibility index (Phi) is 5.29. The minimum Gasteiger partial charge on any atom is -0.384 e. The zero-order valence-electron chi connectivity index (χ0n) is 5.85. The lowest BCUT2D eigenvalue weighted by Gasteiger charge is -2.01. The van der Waals surface area contributed by atoms with E-state index in [0.717, 1.165) is 6.42 Å². The van der Waals surface area contributed by atoms with E-state index < -0.39 is 0 Å². The van der Waals surface area contributed by atoms with E-state index in [1.807, 2.05) is 6.92 Å². The van der Waals surface area contributed by atoms with Crippen LogP contribution in [0.15, 0.2) is 0 Å². The topological polar surface area (TPSA) is 29.5 Å². The van der Waals surface area contributed by atoms with Gasteiger partial charge in [0.15, 0.2) is 0 Å². The molecule has 52 valence electrons. The lowest BCUT2D eigenvalue weighted by atomic mass is 10.3. The third-order valence-electron chi connectivity index (χ3n) is 0.997. The molecule has 1 N–H and O–H groups in total. The Morgan fingerprint density at radius 3 is 2.67 bits per heavy atom. The van der Waals surface area contributed by atoms with Gasteiger partial charge in [0.05, 0.1) is 0 Å². The average molecular weight is 128 g/mol. The van der Waals surface area contributed by atoms with Gasteiger partial charge in [0.25, 0.3) is 0 Å². The summed E-state index contributed by atoms with van der Waals surface area (Å²) in [5, 5.41) is 8.28. The summed E-state index contributed by atoms with van der Waals surface area (Å²) in [6, 6.07) is 0. The fourth-order valence-electron chi connectivity index (χ4n) is 0.487. The van der Waals surface area contributed by atoms with E-state index in [1.165, 1.54) is 0 Å². The molecule has 0 aromatic carbocycles. The second-order valence-corrected chi connectivity index (χ2v) is 1.61. The molecule has 0 aliphatic carbocycles. The number of methoxy groups -OCH3 is 1. The van der Waals surface area contributed by atoms with Crippen LogP contribution in [-0.2, 0) is 4.74 Å². The summed E-state index contributed by atoms with van der Waals surface area (Å²) >= 11 is 0. The Bertz CT molecular complexity index is 106. The summed E-state index contributed by atoms with van der Waals surface area (Å²) < 4.78 is 4.92. The predicted octanol–water partition coefficient (Wildman–Crippen LogP) is 0.407. The largest absolute Gasteiger partial charge is 0.384 e. The predicted molar refractivity (Wildman–Crippen MR) is 35.9 cm³/mol. The Labute approximate surface area is 55.8 Å². The summed E-state index contributed by atoms with van der Waals surface area (Å²) in [6.45, 7) is 1.90. The first-order chi connectivity index (χ1) is 4.35. The number of hydrogen-bond donors (Lipinski definition) is 1. The number of rotatable bonds is 2. The van der Waals surface area contributed by atoms with Gasteiger partial charge in [0, 0.05) is 7.11 Å². The van der Waals surface area contributed by atoms with Crippen molar-refractivity contribution >= 4 is 0 Å². The molecule has 1 unspecified atom stereocenters. The molecule has 2 nitrogen and oxygen atoms in total. The molecule has 1 atom stereocenters. The highest BCUT2D eigenvalue weighted by Gasteiger charge is 1.94. The molecule has 2 heteroatoms. The van der Waals surface area contributed by atoms with E-state index in [9.17, 15) is 0 Å². The molecule has 0 heterocycles. The lowest BCUT2D eigenvalue weighted by Crippen LogP contribution is -2.04. The van der Waals surface area contributed by atoms with Crippen LogP contribution in [0.3, 0.4) is 0 Å². The van der Waals surface area contributed by atoms with E-state index in [-0.39, 0.29) is 12.7 Å². The second-order valence-electron chi connectivity index (χ2n) is 1.61. The maximum atomic E-state index is 8.28. The normalized spacial score (nSPS) is 11.9. The van der Waals surface area contributed by atoms with Crippen LogP contribution >= 0.6 is 0 Å². The van der Waals surface area contributed by atoms with E-state index in [2.05, 4.69) is 11.8 Å². The Morgan fingerprint density at radius 2 is 2.33 bits per heavy atom.